The molecule has 0 bridgehead atoms. The maximum atomic E-state index is 14.8. The summed E-state index contributed by atoms with van der Waals surface area (Å²) in [6.45, 7) is 9.86. The first-order valence-electron chi connectivity index (χ1n) is 16.9. The minimum Gasteiger partial charge on any atom is -0.493 e. The largest absolute Gasteiger partial charge is 0.493 e. The number of carbonyl (C=O) groups excluding carboxylic acids is 1. The van der Waals surface area contributed by atoms with Gasteiger partial charge in [-0.05, 0) is 48.5 Å². The lowest BCUT2D eigenvalue weighted by Gasteiger charge is -2.46. The number of ether oxygens (including phenoxy) is 6. The summed E-state index contributed by atoms with van der Waals surface area (Å²) in [5.41, 5.74) is 2.62. The Morgan fingerprint density at radius 3 is 2.02 bits per heavy atom. The molecule has 0 N–H and O–H groups in total. The maximum Gasteiger partial charge on any atom is 0.311 e. The summed E-state index contributed by atoms with van der Waals surface area (Å²) >= 11 is 6.01. The van der Waals surface area contributed by atoms with E-state index in [0.29, 0.717) is 34.4 Å². The van der Waals surface area contributed by atoms with Crippen molar-refractivity contribution in [1.29, 1.82) is 0 Å². The molecule has 1 aliphatic carbocycles. The highest BCUT2D eigenvalue weighted by atomic mass is 35.5. The predicted molar refractivity (Wildman–Crippen MR) is 193 cm³/mol. The van der Waals surface area contributed by atoms with E-state index in [1.165, 1.54) is 7.11 Å². The van der Waals surface area contributed by atoms with Crippen LogP contribution in [0.4, 0.5) is 14.5 Å². The summed E-state index contributed by atoms with van der Waals surface area (Å²) in [5, 5.41) is 5.13. The number of hydrogen-bond donors (Lipinski definition) is 0. The topological polar surface area (TPSA) is 93.5 Å². The van der Waals surface area contributed by atoms with Crippen LogP contribution in [0.1, 0.15) is 28.9 Å². The van der Waals surface area contributed by atoms with Gasteiger partial charge >= 0.3 is 13.1 Å². The minimum atomic E-state index is -2.06. The minimum absolute atomic E-state index is 0.129. The molecule has 274 valence electrons. The van der Waals surface area contributed by atoms with Crippen LogP contribution in [-0.4, -0.2) is 77.6 Å². The van der Waals surface area contributed by atoms with Crippen molar-refractivity contribution < 1.29 is 42.0 Å². The van der Waals surface area contributed by atoms with E-state index < -0.39 is 35.0 Å². The Morgan fingerprint density at radius 1 is 0.900 bits per heavy atom. The number of halogens is 3. The van der Waals surface area contributed by atoms with E-state index in [0.717, 1.165) is 23.3 Å². The second-order valence-corrected chi connectivity index (χ2v) is 27.0. The molecule has 0 radical (unpaired) electrons. The van der Waals surface area contributed by atoms with Crippen molar-refractivity contribution in [3.05, 3.63) is 64.9 Å². The fourth-order valence-electron chi connectivity index (χ4n) is 5.64. The van der Waals surface area contributed by atoms with Gasteiger partial charge in [-0.15, -0.1) is 0 Å². The van der Waals surface area contributed by atoms with Crippen molar-refractivity contribution in [2.75, 3.05) is 31.8 Å². The number of fused-ring (bicyclic) bond motifs is 1. The van der Waals surface area contributed by atoms with Gasteiger partial charge < -0.3 is 23.8 Å². The van der Waals surface area contributed by atoms with E-state index in [4.69, 9.17) is 40.0 Å². The van der Waals surface area contributed by atoms with Crippen LogP contribution >= 0.6 is 11.6 Å². The van der Waals surface area contributed by atoms with Crippen LogP contribution in [0, 0.1) is 5.92 Å². The van der Waals surface area contributed by atoms with Gasteiger partial charge in [-0.1, -0.05) is 50.9 Å². The molecule has 1 fully saturated rings. The molecular weight excluding hydrogens is 704 g/mol. The Bertz CT molecular complexity index is 1580. The molecule has 5 rings (SSSR count). The fraction of sp³-hybridized carbons (Fsp3) is 0.543. The zero-order valence-electron chi connectivity index (χ0n) is 29.8. The third kappa shape index (κ3) is 10.1. The highest BCUT2D eigenvalue weighted by Gasteiger charge is 2.51. The van der Waals surface area contributed by atoms with Crippen LogP contribution in [0.15, 0.2) is 48.7 Å². The van der Waals surface area contributed by atoms with Crippen molar-refractivity contribution >= 4 is 39.3 Å². The summed E-state index contributed by atoms with van der Waals surface area (Å²) in [7, 11) is -1.37. The zero-order valence-corrected chi connectivity index (χ0v) is 32.6. The van der Waals surface area contributed by atoms with Crippen LogP contribution in [0.2, 0.25) is 56.4 Å². The lowest BCUT2D eigenvalue weighted by molar-refractivity contribution is -0.425. The molecule has 10 nitrogen and oxygen atoms in total. The summed E-state index contributed by atoms with van der Waals surface area (Å²) in [4.78, 5) is 15.0. The average Bonchev–Trinajstić information content (AvgIpc) is 3.56. The van der Waals surface area contributed by atoms with Gasteiger partial charge in [0, 0.05) is 63.4 Å². The van der Waals surface area contributed by atoms with Gasteiger partial charge in [-0.3, -0.25) is 14.3 Å². The van der Waals surface area contributed by atoms with Crippen LogP contribution in [0.5, 0.6) is 11.5 Å². The van der Waals surface area contributed by atoms with Crippen molar-refractivity contribution in [2.24, 2.45) is 5.92 Å². The third-order valence-corrected chi connectivity index (χ3v) is 12.3. The summed E-state index contributed by atoms with van der Waals surface area (Å²) in [6, 6.07) is 14.0. The Labute approximate surface area is 299 Å². The Kier molecular flexibility index (Phi) is 12.1. The number of rotatable bonds is 18. The van der Waals surface area contributed by atoms with E-state index in [1.54, 1.807) is 39.9 Å². The number of hydrogen-bond acceptors (Lipinski definition) is 8. The molecule has 1 aromatic heterocycles. The van der Waals surface area contributed by atoms with Gasteiger partial charge in [-0.2, -0.15) is 13.9 Å². The van der Waals surface area contributed by atoms with Gasteiger partial charge in [-0.25, -0.2) is 4.68 Å². The molecule has 50 heavy (non-hydrogen) atoms. The number of anilines is 1. The lowest BCUT2D eigenvalue weighted by Crippen LogP contribution is -2.53. The van der Waals surface area contributed by atoms with Crippen LogP contribution < -0.4 is 14.4 Å². The highest BCUT2D eigenvalue weighted by molar-refractivity contribution is 6.76. The fourth-order valence-corrected chi connectivity index (χ4v) is 7.23. The maximum absolute atomic E-state index is 14.8. The first kappa shape index (κ1) is 38.4. The SMILES string of the molecule is COc1cc(N2Cc3cn(-c4ccc(Cl)cc4)nc3C2=O)ccc1OCC1CC(OC(F)OCC[Si](C)(C)C)(OC(F)OCC[Si](C)(C)C)C1. The molecular formula is C35H48ClF2N3O7Si2. The van der Waals surface area contributed by atoms with Crippen LogP contribution in [0.25, 0.3) is 5.69 Å². The first-order chi connectivity index (χ1) is 23.5. The monoisotopic (exact) mass is 751 g/mol. The van der Waals surface area contributed by atoms with E-state index >= 15 is 0 Å². The number of amides is 1. The molecule has 2 aromatic carbocycles. The van der Waals surface area contributed by atoms with Crippen LogP contribution in [-0.2, 0) is 25.5 Å². The van der Waals surface area contributed by atoms with Crippen molar-refractivity contribution in [3.63, 3.8) is 0 Å². The van der Waals surface area contributed by atoms with Gasteiger partial charge in [0.1, 0.15) is 0 Å². The normalized spacial score (nSPS) is 20.4. The van der Waals surface area contributed by atoms with Crippen molar-refractivity contribution in [3.8, 4) is 17.2 Å². The molecule has 15 heteroatoms. The molecule has 0 saturated heterocycles. The summed E-state index contributed by atoms with van der Waals surface area (Å²) in [5.74, 6) is -1.00. The molecule has 1 aliphatic heterocycles. The number of carbonyl (C=O) groups is 1. The molecule has 1 amide bonds. The third-order valence-electron chi connectivity index (χ3n) is 8.61. The molecule has 1 saturated carbocycles. The molecule has 2 heterocycles. The molecule has 0 spiro atoms. The summed E-state index contributed by atoms with van der Waals surface area (Å²) in [6.07, 6.45) is 2.19. The second-order valence-electron chi connectivity index (χ2n) is 15.3. The van der Waals surface area contributed by atoms with Gasteiger partial charge in [0.15, 0.2) is 23.0 Å². The zero-order chi connectivity index (χ0) is 36.3. The van der Waals surface area contributed by atoms with Crippen molar-refractivity contribution in [1.82, 2.24) is 9.78 Å². The first-order valence-corrected chi connectivity index (χ1v) is 24.7. The lowest BCUT2D eigenvalue weighted by atomic mass is 9.79. The van der Waals surface area contributed by atoms with E-state index in [-0.39, 0.29) is 44.5 Å². The number of methoxy groups -OCH3 is 1. The number of nitrogens with zero attached hydrogens (tertiary/aromatic N) is 3. The molecule has 3 aromatic rings. The number of aromatic nitrogens is 2. The molecule has 2 unspecified atom stereocenters. The van der Waals surface area contributed by atoms with Gasteiger partial charge in [0.05, 0.1) is 39.2 Å². The Morgan fingerprint density at radius 2 is 1.48 bits per heavy atom. The van der Waals surface area contributed by atoms with E-state index in [1.807, 2.05) is 18.3 Å². The summed E-state index contributed by atoms with van der Waals surface area (Å²) < 4.78 is 64.7. The quantitative estimate of drug-likeness (QED) is 0.0945. The number of alkyl halides is 2. The highest BCUT2D eigenvalue weighted by Crippen LogP contribution is 2.45. The average molecular weight is 752 g/mol. The molecule has 2 atom stereocenters. The van der Waals surface area contributed by atoms with Gasteiger partial charge in [0.25, 0.3) is 5.91 Å². The van der Waals surface area contributed by atoms with E-state index in [2.05, 4.69) is 44.4 Å². The standard InChI is InChI=1S/C35H48ClF2N3O7Si2/c1-43-30-18-28(40-21-25-22-41(39-31(25)32(40)42)27-10-8-26(36)9-11-27)12-13-29(30)46-23-24-19-35(20-24,47-33(37)44-14-16-49(2,3)4)48-34(38)45-15-17-50(5,6)7/h8-13,18,22,24,33-34H,14-17,19-21,23H2,1-7H3. The van der Waals surface area contributed by atoms with Crippen LogP contribution in [0.3, 0.4) is 0 Å². The predicted octanol–water partition coefficient (Wildman–Crippen LogP) is 8.43. The molecule has 2 aliphatic rings. The Balaban J connectivity index is 1.18. The Hall–Kier alpha value is -2.86. The second kappa shape index (κ2) is 15.8. The smallest absolute Gasteiger partial charge is 0.311 e. The van der Waals surface area contributed by atoms with Crippen molar-refractivity contribution in [2.45, 2.75) is 89.6 Å². The van der Waals surface area contributed by atoms with Gasteiger partial charge in [0.2, 0.25) is 0 Å². The number of benzene rings is 2. The van der Waals surface area contributed by atoms with E-state index in [9.17, 15) is 13.6 Å².